The summed E-state index contributed by atoms with van der Waals surface area (Å²) in [7, 11) is 1.82. The lowest BCUT2D eigenvalue weighted by Crippen LogP contribution is -2.62. The van der Waals surface area contributed by atoms with Crippen molar-refractivity contribution in [3.8, 4) is 0 Å². The Kier molecular flexibility index (Phi) is 7.25. The molecule has 0 bridgehead atoms. The predicted octanol–water partition coefficient (Wildman–Crippen LogP) is 0.507. The second kappa shape index (κ2) is 9.52. The predicted molar refractivity (Wildman–Crippen MR) is 116 cm³/mol. The van der Waals surface area contributed by atoms with Crippen LogP contribution in [0.2, 0.25) is 0 Å². The molecule has 3 rings (SSSR count). The summed E-state index contributed by atoms with van der Waals surface area (Å²) in [5.41, 5.74) is 6.57. The van der Waals surface area contributed by atoms with Crippen LogP contribution in [0.15, 0.2) is 23.6 Å². The van der Waals surface area contributed by atoms with Gasteiger partial charge in [-0.2, -0.15) is 0 Å². The standard InChI is InChI=1S/C19H30ClN7O3/c1-19(29)4-7-27(8-5-19)14-3-6-22-10-13(14)24-18(28)15(16(21)25-30)17-23-9-12(20)11-26(17)2/h3,6,10,12,15-17,23,29H,4-5,7-9,11,21H2,1-2H3,(H,24,28). The molecular formula is C19H30ClN7O3. The molecule has 5 N–H and O–H groups in total. The van der Waals surface area contributed by atoms with Crippen LogP contribution in [0.4, 0.5) is 11.4 Å². The van der Waals surface area contributed by atoms with Crippen LogP contribution >= 0.6 is 11.6 Å². The molecule has 0 radical (unpaired) electrons. The number of nitrogens with two attached hydrogens (primary N) is 1. The highest BCUT2D eigenvalue weighted by molar-refractivity contribution is 6.21. The van der Waals surface area contributed by atoms with E-state index in [0.717, 1.165) is 5.69 Å². The van der Waals surface area contributed by atoms with Crippen molar-refractivity contribution in [1.29, 1.82) is 0 Å². The van der Waals surface area contributed by atoms with Gasteiger partial charge < -0.3 is 21.1 Å². The van der Waals surface area contributed by atoms with Crippen LogP contribution in [0.3, 0.4) is 0 Å². The SMILES string of the molecule is CN1CC(Cl)CNC1C(C(=O)Nc1cnccc1N1CCC(C)(O)CC1)C(N)N=O. The molecule has 166 valence electrons. The molecule has 2 fully saturated rings. The maximum absolute atomic E-state index is 13.2. The maximum Gasteiger partial charge on any atom is 0.234 e. The van der Waals surface area contributed by atoms with Gasteiger partial charge in [-0.25, -0.2) is 0 Å². The molecule has 11 heteroatoms. The monoisotopic (exact) mass is 439 g/mol. The van der Waals surface area contributed by atoms with Gasteiger partial charge in [0, 0.05) is 32.4 Å². The van der Waals surface area contributed by atoms with Gasteiger partial charge in [-0.3, -0.25) is 20.0 Å². The molecule has 4 unspecified atom stereocenters. The number of rotatable bonds is 6. The third-order valence-corrected chi connectivity index (χ3v) is 6.17. The van der Waals surface area contributed by atoms with E-state index in [2.05, 4.69) is 25.7 Å². The molecule has 2 saturated heterocycles. The lowest BCUT2D eigenvalue weighted by atomic mass is 9.93. The minimum absolute atomic E-state index is 0.100. The van der Waals surface area contributed by atoms with Gasteiger partial charge in [-0.15, -0.1) is 16.5 Å². The fourth-order valence-electron chi connectivity index (χ4n) is 4.05. The Morgan fingerprint density at radius 3 is 2.83 bits per heavy atom. The van der Waals surface area contributed by atoms with E-state index >= 15 is 0 Å². The van der Waals surface area contributed by atoms with E-state index in [1.807, 2.05) is 24.9 Å². The number of nitrogens with zero attached hydrogens (tertiary/aromatic N) is 4. The molecule has 3 heterocycles. The molecule has 0 aliphatic carbocycles. The quantitative estimate of drug-likeness (QED) is 0.371. The minimum Gasteiger partial charge on any atom is -0.390 e. The van der Waals surface area contributed by atoms with Crippen LogP contribution < -0.4 is 21.3 Å². The zero-order valence-corrected chi connectivity index (χ0v) is 18.0. The average Bonchev–Trinajstić information content (AvgIpc) is 2.70. The first-order valence-electron chi connectivity index (χ1n) is 10.1. The van der Waals surface area contributed by atoms with Crippen molar-refractivity contribution < 1.29 is 9.90 Å². The number of aliphatic hydroxyl groups is 1. The van der Waals surface area contributed by atoms with Crippen LogP contribution in [-0.2, 0) is 4.79 Å². The second-order valence-corrected chi connectivity index (χ2v) is 9.00. The van der Waals surface area contributed by atoms with Gasteiger partial charge in [-0.05, 0) is 32.9 Å². The highest BCUT2D eigenvalue weighted by atomic mass is 35.5. The van der Waals surface area contributed by atoms with Gasteiger partial charge in [0.15, 0.2) is 6.17 Å². The third-order valence-electron chi connectivity index (χ3n) is 5.88. The van der Waals surface area contributed by atoms with E-state index in [1.165, 1.54) is 0 Å². The van der Waals surface area contributed by atoms with E-state index < -0.39 is 29.8 Å². The van der Waals surface area contributed by atoms with Crippen LogP contribution in [0.5, 0.6) is 0 Å². The molecule has 1 aromatic heterocycles. The Morgan fingerprint density at radius 1 is 1.50 bits per heavy atom. The topological polar surface area (TPSA) is 136 Å². The van der Waals surface area contributed by atoms with E-state index in [-0.39, 0.29) is 5.38 Å². The number of alkyl halides is 1. The number of anilines is 2. The van der Waals surface area contributed by atoms with E-state index in [4.69, 9.17) is 17.3 Å². The van der Waals surface area contributed by atoms with E-state index in [1.54, 1.807) is 12.4 Å². The zero-order valence-electron chi connectivity index (χ0n) is 17.3. The molecule has 30 heavy (non-hydrogen) atoms. The summed E-state index contributed by atoms with van der Waals surface area (Å²) >= 11 is 6.18. The summed E-state index contributed by atoms with van der Waals surface area (Å²) in [6.07, 6.45) is 2.79. The lowest BCUT2D eigenvalue weighted by molar-refractivity contribution is -0.123. The Hall–Kier alpha value is -1.85. The van der Waals surface area contributed by atoms with Gasteiger partial charge in [0.2, 0.25) is 5.91 Å². The number of hydrogen-bond acceptors (Lipinski definition) is 9. The number of aromatic nitrogens is 1. The molecular weight excluding hydrogens is 410 g/mol. The minimum atomic E-state index is -1.22. The molecule has 0 spiro atoms. The van der Waals surface area contributed by atoms with Crippen molar-refractivity contribution >= 4 is 28.9 Å². The number of halogens is 1. The van der Waals surface area contributed by atoms with Crippen LogP contribution in [0.25, 0.3) is 0 Å². The van der Waals surface area contributed by atoms with E-state index in [9.17, 15) is 14.8 Å². The van der Waals surface area contributed by atoms with Gasteiger partial charge in [0.05, 0.1) is 34.7 Å². The summed E-state index contributed by atoms with van der Waals surface area (Å²) < 4.78 is 0. The Balaban J connectivity index is 1.79. The first-order valence-corrected chi connectivity index (χ1v) is 10.5. The van der Waals surface area contributed by atoms with Crippen molar-refractivity contribution in [3.63, 3.8) is 0 Å². The molecule has 0 saturated carbocycles. The van der Waals surface area contributed by atoms with Gasteiger partial charge >= 0.3 is 0 Å². The lowest BCUT2D eigenvalue weighted by Gasteiger charge is -2.40. The highest BCUT2D eigenvalue weighted by Gasteiger charge is 2.40. The van der Waals surface area contributed by atoms with Crippen LogP contribution in [0, 0.1) is 10.8 Å². The smallest absolute Gasteiger partial charge is 0.234 e. The van der Waals surface area contributed by atoms with Crippen LogP contribution in [0.1, 0.15) is 19.8 Å². The fourth-order valence-corrected chi connectivity index (χ4v) is 4.36. The first-order chi connectivity index (χ1) is 14.2. The van der Waals surface area contributed by atoms with Gasteiger partial charge in [-0.1, -0.05) is 5.18 Å². The van der Waals surface area contributed by atoms with Crippen molar-refractivity contribution in [3.05, 3.63) is 23.4 Å². The van der Waals surface area contributed by atoms with Gasteiger partial charge in [0.1, 0.15) is 5.92 Å². The number of hydrogen-bond donors (Lipinski definition) is 4. The molecule has 1 amide bonds. The Labute approximate surface area is 181 Å². The molecule has 1 aromatic rings. The summed E-state index contributed by atoms with van der Waals surface area (Å²) in [6.45, 7) is 4.20. The molecule has 10 nitrogen and oxygen atoms in total. The molecule has 2 aliphatic heterocycles. The summed E-state index contributed by atoms with van der Waals surface area (Å²) in [6, 6.07) is 1.83. The average molecular weight is 440 g/mol. The van der Waals surface area contributed by atoms with E-state index in [0.29, 0.717) is 44.7 Å². The largest absolute Gasteiger partial charge is 0.390 e. The van der Waals surface area contributed by atoms with Gasteiger partial charge in [0.25, 0.3) is 0 Å². The van der Waals surface area contributed by atoms with Crippen molar-refractivity contribution in [2.75, 3.05) is 43.4 Å². The van der Waals surface area contributed by atoms with Crippen molar-refractivity contribution in [2.24, 2.45) is 16.8 Å². The fraction of sp³-hybridized carbons (Fsp3) is 0.684. The number of carbonyl (C=O) groups is 1. The number of amides is 1. The number of pyridine rings is 1. The number of piperidine rings is 1. The number of carbonyl (C=O) groups excluding carboxylic acids is 1. The normalized spacial score (nSPS) is 26.6. The summed E-state index contributed by atoms with van der Waals surface area (Å²) in [4.78, 5) is 32.5. The summed E-state index contributed by atoms with van der Waals surface area (Å²) in [5, 5.41) is 19.1. The third kappa shape index (κ3) is 5.25. The van der Waals surface area contributed by atoms with Crippen molar-refractivity contribution in [2.45, 2.75) is 43.1 Å². The summed E-state index contributed by atoms with van der Waals surface area (Å²) in [5.74, 6) is -1.33. The Morgan fingerprint density at radius 2 is 2.20 bits per heavy atom. The van der Waals surface area contributed by atoms with Crippen molar-refractivity contribution in [1.82, 2.24) is 15.2 Å². The molecule has 0 aromatic carbocycles. The zero-order chi connectivity index (χ0) is 21.9. The maximum atomic E-state index is 13.2. The van der Waals surface area contributed by atoms with Crippen LogP contribution in [-0.4, -0.2) is 77.4 Å². The number of nitroso groups, excluding NO2 is 1. The molecule has 4 atom stereocenters. The second-order valence-electron chi connectivity index (χ2n) is 8.38. The molecule has 2 aliphatic rings. The Bertz CT molecular complexity index is 755. The first kappa shape index (κ1) is 22.8. The highest BCUT2D eigenvalue weighted by Crippen LogP contribution is 2.31. The number of nitrogens with one attached hydrogen (secondary N) is 2.